The molecule has 0 unspecified atom stereocenters. The highest BCUT2D eigenvalue weighted by molar-refractivity contribution is 7.92. The van der Waals surface area contributed by atoms with E-state index in [0.717, 1.165) is 4.31 Å². The number of methoxy groups -OCH3 is 1. The fourth-order valence-corrected chi connectivity index (χ4v) is 3.92. The van der Waals surface area contributed by atoms with Crippen molar-refractivity contribution in [2.45, 2.75) is 11.3 Å². The van der Waals surface area contributed by atoms with E-state index in [9.17, 15) is 13.2 Å². The third-order valence-corrected chi connectivity index (χ3v) is 5.65. The molecular weight excluding hydrogens is 389 g/mol. The summed E-state index contributed by atoms with van der Waals surface area (Å²) in [7, 11) is -2.66. The van der Waals surface area contributed by atoms with Crippen molar-refractivity contribution in [3.63, 3.8) is 0 Å². The lowest BCUT2D eigenvalue weighted by molar-refractivity contribution is -0.136. The molecule has 0 heterocycles. The molecular formula is C16H15Cl2NO5S. The molecule has 0 atom stereocenters. The topological polar surface area (TPSA) is 83.9 Å². The molecule has 0 bridgehead atoms. The van der Waals surface area contributed by atoms with Crippen LogP contribution in [0.4, 0.5) is 5.69 Å². The highest BCUT2D eigenvalue weighted by Crippen LogP contribution is 2.35. The Morgan fingerprint density at radius 1 is 1.12 bits per heavy atom. The minimum absolute atomic E-state index is 0.0238. The normalized spacial score (nSPS) is 11.2. The second-order valence-corrected chi connectivity index (χ2v) is 7.73. The van der Waals surface area contributed by atoms with Crippen LogP contribution in [-0.4, -0.2) is 33.1 Å². The number of rotatable bonds is 7. The van der Waals surface area contributed by atoms with Gasteiger partial charge in [0, 0.05) is 16.6 Å². The molecule has 6 nitrogen and oxygen atoms in total. The van der Waals surface area contributed by atoms with Crippen molar-refractivity contribution >= 4 is 44.9 Å². The molecule has 0 aliphatic carbocycles. The maximum atomic E-state index is 13.0. The average molecular weight is 404 g/mol. The van der Waals surface area contributed by atoms with Gasteiger partial charge in [0.25, 0.3) is 10.0 Å². The zero-order chi connectivity index (χ0) is 18.6. The first-order chi connectivity index (χ1) is 11.8. The molecule has 0 fully saturated rings. The van der Waals surface area contributed by atoms with E-state index in [2.05, 4.69) is 0 Å². The van der Waals surface area contributed by atoms with Gasteiger partial charge in [-0.2, -0.15) is 0 Å². The van der Waals surface area contributed by atoms with Crippen molar-refractivity contribution in [2.75, 3.05) is 18.0 Å². The summed E-state index contributed by atoms with van der Waals surface area (Å²) in [6, 6.07) is 10.1. The summed E-state index contributed by atoms with van der Waals surface area (Å²) >= 11 is 11.8. The van der Waals surface area contributed by atoms with E-state index in [4.69, 9.17) is 33.0 Å². The van der Waals surface area contributed by atoms with Crippen molar-refractivity contribution < 1.29 is 23.1 Å². The molecule has 134 valence electrons. The minimum Gasteiger partial charge on any atom is -0.495 e. The van der Waals surface area contributed by atoms with E-state index in [1.807, 2.05) is 0 Å². The number of carboxylic acids is 1. The van der Waals surface area contributed by atoms with E-state index in [1.165, 1.54) is 43.5 Å². The first-order valence-corrected chi connectivity index (χ1v) is 9.29. The molecule has 0 saturated carbocycles. The molecule has 2 aromatic rings. The van der Waals surface area contributed by atoms with Crippen LogP contribution in [0.5, 0.6) is 5.75 Å². The number of hydrogen-bond donors (Lipinski definition) is 1. The summed E-state index contributed by atoms with van der Waals surface area (Å²) in [5.74, 6) is -0.871. The first-order valence-electron chi connectivity index (χ1n) is 7.09. The molecule has 0 aliphatic rings. The molecule has 0 aliphatic heterocycles. The van der Waals surface area contributed by atoms with Gasteiger partial charge in [-0.25, -0.2) is 8.42 Å². The van der Waals surface area contributed by atoms with E-state index in [1.54, 1.807) is 6.07 Å². The second kappa shape index (κ2) is 7.95. The average Bonchev–Trinajstić information content (AvgIpc) is 2.55. The van der Waals surface area contributed by atoms with Gasteiger partial charge in [-0.1, -0.05) is 23.2 Å². The standard InChI is InChI=1S/C16H15Cl2NO5S/c1-24-15-7-4-12(18)10-14(15)19(9-8-16(20)21)25(22,23)13-5-2-11(17)3-6-13/h2-7,10H,8-9H2,1H3,(H,20,21). The lowest BCUT2D eigenvalue weighted by Crippen LogP contribution is -2.33. The van der Waals surface area contributed by atoms with E-state index in [-0.39, 0.29) is 29.3 Å². The summed E-state index contributed by atoms with van der Waals surface area (Å²) in [5.41, 5.74) is 0.159. The van der Waals surface area contributed by atoms with Gasteiger partial charge in [0.15, 0.2) is 0 Å². The fraction of sp³-hybridized carbons (Fsp3) is 0.188. The van der Waals surface area contributed by atoms with Crippen molar-refractivity contribution in [1.29, 1.82) is 0 Å². The quantitative estimate of drug-likeness (QED) is 0.761. The SMILES string of the molecule is COc1ccc(Cl)cc1N(CCC(=O)O)S(=O)(=O)c1ccc(Cl)cc1. The molecule has 25 heavy (non-hydrogen) atoms. The molecule has 2 aromatic carbocycles. The Morgan fingerprint density at radius 3 is 2.28 bits per heavy atom. The zero-order valence-electron chi connectivity index (χ0n) is 13.1. The number of carbonyl (C=O) groups is 1. The van der Waals surface area contributed by atoms with Crippen LogP contribution in [-0.2, 0) is 14.8 Å². The van der Waals surface area contributed by atoms with Crippen LogP contribution >= 0.6 is 23.2 Å². The Morgan fingerprint density at radius 2 is 1.72 bits per heavy atom. The lowest BCUT2D eigenvalue weighted by Gasteiger charge is -2.25. The highest BCUT2D eigenvalue weighted by Gasteiger charge is 2.28. The largest absolute Gasteiger partial charge is 0.495 e. The van der Waals surface area contributed by atoms with E-state index >= 15 is 0 Å². The third kappa shape index (κ3) is 4.56. The van der Waals surface area contributed by atoms with Gasteiger partial charge in [0.1, 0.15) is 5.75 Å². The molecule has 9 heteroatoms. The molecule has 0 radical (unpaired) electrons. The van der Waals surface area contributed by atoms with Crippen LogP contribution in [0.25, 0.3) is 0 Å². The second-order valence-electron chi connectivity index (χ2n) is 4.99. The number of carboxylic acid groups (broad SMARTS) is 1. The van der Waals surface area contributed by atoms with Crippen molar-refractivity contribution in [3.05, 3.63) is 52.5 Å². The van der Waals surface area contributed by atoms with Crippen LogP contribution in [0, 0.1) is 0 Å². The number of nitrogens with zero attached hydrogens (tertiary/aromatic N) is 1. The predicted octanol–water partition coefficient (Wildman–Crippen LogP) is 3.67. The fourth-order valence-electron chi connectivity index (χ4n) is 2.16. The van der Waals surface area contributed by atoms with Crippen molar-refractivity contribution in [1.82, 2.24) is 0 Å². The molecule has 1 N–H and O–H groups in total. The number of anilines is 1. The van der Waals surface area contributed by atoms with Gasteiger partial charge in [0.2, 0.25) is 0 Å². The third-order valence-electron chi connectivity index (χ3n) is 3.34. The number of hydrogen-bond acceptors (Lipinski definition) is 4. The predicted molar refractivity (Wildman–Crippen MR) is 96.2 cm³/mol. The van der Waals surface area contributed by atoms with Crippen LogP contribution in [0.1, 0.15) is 6.42 Å². The Balaban J connectivity index is 2.58. The maximum Gasteiger partial charge on any atom is 0.305 e. The number of aliphatic carboxylic acids is 1. The van der Waals surface area contributed by atoms with Crippen LogP contribution < -0.4 is 9.04 Å². The number of benzene rings is 2. The smallest absolute Gasteiger partial charge is 0.305 e. The lowest BCUT2D eigenvalue weighted by atomic mass is 10.3. The summed E-state index contributed by atoms with van der Waals surface area (Å²) in [4.78, 5) is 10.9. The molecule has 0 amide bonds. The summed E-state index contributed by atoms with van der Waals surface area (Å²) in [6.45, 7) is -0.281. The van der Waals surface area contributed by atoms with Crippen LogP contribution in [0.2, 0.25) is 10.0 Å². The first kappa shape index (κ1) is 19.4. The van der Waals surface area contributed by atoms with Gasteiger partial charge >= 0.3 is 5.97 Å². The van der Waals surface area contributed by atoms with Gasteiger partial charge in [-0.15, -0.1) is 0 Å². The zero-order valence-corrected chi connectivity index (χ0v) is 15.5. The maximum absolute atomic E-state index is 13.0. The van der Waals surface area contributed by atoms with Gasteiger partial charge in [-0.05, 0) is 42.5 Å². The van der Waals surface area contributed by atoms with Gasteiger partial charge in [-0.3, -0.25) is 9.10 Å². The summed E-state index contributed by atoms with van der Waals surface area (Å²) in [6.07, 6.45) is -0.386. The Kier molecular flexibility index (Phi) is 6.16. The van der Waals surface area contributed by atoms with E-state index < -0.39 is 16.0 Å². The molecule has 0 spiro atoms. The van der Waals surface area contributed by atoms with Gasteiger partial charge < -0.3 is 9.84 Å². The van der Waals surface area contributed by atoms with Gasteiger partial charge in [0.05, 0.1) is 24.1 Å². The van der Waals surface area contributed by atoms with Crippen molar-refractivity contribution in [3.8, 4) is 5.75 Å². The van der Waals surface area contributed by atoms with Crippen LogP contribution in [0.15, 0.2) is 47.4 Å². The Bertz CT molecular complexity index is 869. The minimum atomic E-state index is -4.04. The molecule has 0 saturated heterocycles. The molecule has 2 rings (SSSR count). The number of halogens is 2. The highest BCUT2D eigenvalue weighted by atomic mass is 35.5. The summed E-state index contributed by atoms with van der Waals surface area (Å²) < 4.78 is 32.2. The Hall–Kier alpha value is -1.96. The van der Waals surface area contributed by atoms with Crippen LogP contribution in [0.3, 0.4) is 0 Å². The number of ether oxygens (including phenoxy) is 1. The van der Waals surface area contributed by atoms with E-state index in [0.29, 0.717) is 10.0 Å². The number of sulfonamides is 1. The monoisotopic (exact) mass is 403 g/mol. The summed E-state index contributed by atoms with van der Waals surface area (Å²) in [5, 5.41) is 9.65. The molecule has 0 aromatic heterocycles. The van der Waals surface area contributed by atoms with Crippen molar-refractivity contribution in [2.24, 2.45) is 0 Å². The Labute approximate surface area is 155 Å².